The van der Waals surface area contributed by atoms with E-state index in [9.17, 15) is 8.78 Å². The SMILES string of the molecule is CO[C@@]12CC[C@H](Oc3ccccn3)C[C@@H]1N(Cc1cccc(F)c1F)CC2. The van der Waals surface area contributed by atoms with Gasteiger partial charge in [-0.05, 0) is 31.4 Å². The summed E-state index contributed by atoms with van der Waals surface area (Å²) in [5.41, 5.74) is 0.142. The number of likely N-dealkylation sites (tertiary alicyclic amines) is 1. The number of nitrogens with zero attached hydrogens (tertiary/aromatic N) is 2. The fraction of sp³-hybridized carbons (Fsp3) is 0.476. The first kappa shape index (κ1) is 18.3. The Labute approximate surface area is 158 Å². The number of fused-ring (bicyclic) bond motifs is 1. The van der Waals surface area contributed by atoms with E-state index in [0.29, 0.717) is 18.0 Å². The van der Waals surface area contributed by atoms with Gasteiger partial charge in [0, 0.05) is 50.5 Å². The van der Waals surface area contributed by atoms with E-state index in [4.69, 9.17) is 9.47 Å². The van der Waals surface area contributed by atoms with Crippen molar-refractivity contribution >= 4 is 0 Å². The molecule has 0 amide bonds. The number of rotatable bonds is 5. The third kappa shape index (κ3) is 3.56. The molecule has 4 nitrogen and oxygen atoms in total. The molecule has 1 saturated carbocycles. The first-order valence-corrected chi connectivity index (χ1v) is 9.41. The monoisotopic (exact) mass is 374 g/mol. The zero-order chi connectivity index (χ0) is 18.9. The van der Waals surface area contributed by atoms with Gasteiger partial charge in [-0.2, -0.15) is 0 Å². The van der Waals surface area contributed by atoms with Crippen LogP contribution in [0.2, 0.25) is 0 Å². The van der Waals surface area contributed by atoms with Crippen LogP contribution in [0.15, 0.2) is 42.6 Å². The van der Waals surface area contributed by atoms with Crippen LogP contribution < -0.4 is 4.74 Å². The third-order valence-electron chi connectivity index (χ3n) is 5.98. The molecular formula is C21H24F2N2O2. The van der Waals surface area contributed by atoms with Gasteiger partial charge in [0.25, 0.3) is 0 Å². The molecule has 2 aromatic rings. The lowest BCUT2D eigenvalue weighted by molar-refractivity contribution is -0.0844. The van der Waals surface area contributed by atoms with Crippen molar-refractivity contribution in [3.8, 4) is 5.88 Å². The molecule has 1 aliphatic carbocycles. The zero-order valence-electron chi connectivity index (χ0n) is 15.4. The standard InChI is InChI=1S/C21H24F2N2O2/c1-26-21-9-8-16(27-19-7-2-3-11-24-19)13-18(21)25(12-10-21)14-15-5-4-6-17(22)20(15)23/h2-7,11,16,18H,8-10,12-14H2,1H3/t16-,18-,21+/m0/s1. The molecule has 0 unspecified atom stereocenters. The fourth-order valence-corrected chi connectivity index (χ4v) is 4.53. The predicted molar refractivity (Wildman–Crippen MR) is 97.4 cm³/mol. The van der Waals surface area contributed by atoms with Crippen LogP contribution in [0, 0.1) is 11.6 Å². The molecule has 1 saturated heterocycles. The van der Waals surface area contributed by atoms with Gasteiger partial charge in [-0.15, -0.1) is 0 Å². The van der Waals surface area contributed by atoms with Crippen molar-refractivity contribution in [3.05, 3.63) is 59.8 Å². The molecule has 0 radical (unpaired) electrons. The molecule has 2 aliphatic rings. The Morgan fingerprint density at radius 1 is 1.19 bits per heavy atom. The Balaban J connectivity index is 1.51. The molecule has 0 bridgehead atoms. The van der Waals surface area contributed by atoms with Crippen LogP contribution in [0.5, 0.6) is 5.88 Å². The van der Waals surface area contributed by atoms with Crippen molar-refractivity contribution in [2.24, 2.45) is 0 Å². The van der Waals surface area contributed by atoms with Gasteiger partial charge in [0.15, 0.2) is 11.6 Å². The molecular weight excluding hydrogens is 350 g/mol. The van der Waals surface area contributed by atoms with Crippen LogP contribution in [0.25, 0.3) is 0 Å². The summed E-state index contributed by atoms with van der Waals surface area (Å²) in [7, 11) is 1.75. The number of ether oxygens (including phenoxy) is 2. The first-order valence-electron chi connectivity index (χ1n) is 9.41. The van der Waals surface area contributed by atoms with Gasteiger partial charge in [-0.3, -0.25) is 4.90 Å². The summed E-state index contributed by atoms with van der Waals surface area (Å²) in [6, 6.07) is 10.1. The fourth-order valence-electron chi connectivity index (χ4n) is 4.53. The minimum atomic E-state index is -0.801. The molecule has 4 rings (SSSR count). The number of methoxy groups -OCH3 is 1. The van der Waals surface area contributed by atoms with Crippen molar-refractivity contribution < 1.29 is 18.3 Å². The Morgan fingerprint density at radius 2 is 2.07 bits per heavy atom. The maximum absolute atomic E-state index is 14.2. The van der Waals surface area contributed by atoms with E-state index in [2.05, 4.69) is 9.88 Å². The van der Waals surface area contributed by atoms with Gasteiger partial charge in [0.05, 0.1) is 5.60 Å². The average Bonchev–Trinajstić information content (AvgIpc) is 3.05. The number of benzene rings is 1. The summed E-state index contributed by atoms with van der Waals surface area (Å²) < 4.78 is 39.8. The van der Waals surface area contributed by atoms with Crippen LogP contribution in [0.3, 0.4) is 0 Å². The molecule has 144 valence electrons. The molecule has 6 heteroatoms. The largest absolute Gasteiger partial charge is 0.474 e. The van der Waals surface area contributed by atoms with Crippen molar-refractivity contribution in [1.82, 2.24) is 9.88 Å². The smallest absolute Gasteiger partial charge is 0.213 e. The molecule has 0 spiro atoms. The second-order valence-corrected chi connectivity index (χ2v) is 7.40. The van der Waals surface area contributed by atoms with Gasteiger partial charge < -0.3 is 9.47 Å². The van der Waals surface area contributed by atoms with E-state index in [0.717, 1.165) is 38.3 Å². The number of pyridine rings is 1. The van der Waals surface area contributed by atoms with Crippen molar-refractivity contribution in [3.63, 3.8) is 0 Å². The lowest BCUT2D eigenvalue weighted by atomic mass is 9.79. The van der Waals surface area contributed by atoms with Crippen LogP contribution in [0.1, 0.15) is 31.2 Å². The Bertz CT molecular complexity index is 789. The van der Waals surface area contributed by atoms with E-state index < -0.39 is 11.6 Å². The molecule has 2 heterocycles. The van der Waals surface area contributed by atoms with Crippen molar-refractivity contribution in [2.45, 2.75) is 50.0 Å². The normalized spacial score (nSPS) is 28.1. The van der Waals surface area contributed by atoms with Crippen molar-refractivity contribution in [1.29, 1.82) is 0 Å². The predicted octanol–water partition coefficient (Wildman–Crippen LogP) is 3.95. The molecule has 2 fully saturated rings. The number of aromatic nitrogens is 1. The summed E-state index contributed by atoms with van der Waals surface area (Å²) in [5.74, 6) is -0.942. The summed E-state index contributed by atoms with van der Waals surface area (Å²) >= 11 is 0. The minimum absolute atomic E-state index is 0.0335. The number of hydrogen-bond donors (Lipinski definition) is 0. The molecule has 0 N–H and O–H groups in total. The Kier molecular flexibility index (Phi) is 5.10. The molecule has 1 aliphatic heterocycles. The summed E-state index contributed by atoms with van der Waals surface area (Å²) in [5, 5.41) is 0. The van der Waals surface area contributed by atoms with E-state index >= 15 is 0 Å². The highest BCUT2D eigenvalue weighted by Crippen LogP contribution is 2.43. The second-order valence-electron chi connectivity index (χ2n) is 7.40. The van der Waals surface area contributed by atoms with Gasteiger partial charge in [0.2, 0.25) is 5.88 Å². The molecule has 3 atom stereocenters. The maximum atomic E-state index is 14.2. The van der Waals surface area contributed by atoms with E-state index in [-0.39, 0.29) is 17.7 Å². The highest BCUT2D eigenvalue weighted by Gasteiger charge is 2.51. The molecule has 1 aromatic carbocycles. The number of halogens is 2. The summed E-state index contributed by atoms with van der Waals surface area (Å²) in [4.78, 5) is 6.45. The Hall–Kier alpha value is -2.05. The lowest BCUT2D eigenvalue weighted by Gasteiger charge is -2.43. The summed E-state index contributed by atoms with van der Waals surface area (Å²) in [6.45, 7) is 1.17. The zero-order valence-corrected chi connectivity index (χ0v) is 15.4. The molecule has 1 aromatic heterocycles. The van der Waals surface area contributed by atoms with Crippen LogP contribution in [-0.4, -0.2) is 41.3 Å². The lowest BCUT2D eigenvalue weighted by Crippen LogP contribution is -2.52. The average molecular weight is 374 g/mol. The van der Waals surface area contributed by atoms with Crippen molar-refractivity contribution in [2.75, 3.05) is 13.7 Å². The third-order valence-corrected chi connectivity index (χ3v) is 5.98. The topological polar surface area (TPSA) is 34.6 Å². The molecule has 27 heavy (non-hydrogen) atoms. The quantitative estimate of drug-likeness (QED) is 0.794. The van der Waals surface area contributed by atoms with E-state index in [1.165, 1.54) is 0 Å². The maximum Gasteiger partial charge on any atom is 0.213 e. The Morgan fingerprint density at radius 3 is 2.85 bits per heavy atom. The van der Waals surface area contributed by atoms with Gasteiger partial charge in [0.1, 0.15) is 6.10 Å². The van der Waals surface area contributed by atoms with Crippen LogP contribution in [0.4, 0.5) is 8.78 Å². The van der Waals surface area contributed by atoms with Gasteiger partial charge >= 0.3 is 0 Å². The first-order chi connectivity index (χ1) is 13.1. The highest BCUT2D eigenvalue weighted by atomic mass is 19.2. The minimum Gasteiger partial charge on any atom is -0.474 e. The number of hydrogen-bond acceptors (Lipinski definition) is 4. The summed E-state index contributed by atoms with van der Waals surface area (Å²) in [6.07, 6.45) is 5.19. The second kappa shape index (κ2) is 7.52. The van der Waals surface area contributed by atoms with Crippen LogP contribution in [-0.2, 0) is 11.3 Å². The van der Waals surface area contributed by atoms with E-state index in [1.807, 2.05) is 18.2 Å². The van der Waals surface area contributed by atoms with Gasteiger partial charge in [-0.1, -0.05) is 18.2 Å². The van der Waals surface area contributed by atoms with E-state index in [1.54, 1.807) is 25.4 Å². The van der Waals surface area contributed by atoms with Crippen LogP contribution >= 0.6 is 0 Å². The van der Waals surface area contributed by atoms with Gasteiger partial charge in [-0.25, -0.2) is 13.8 Å². The highest BCUT2D eigenvalue weighted by molar-refractivity contribution is 5.20.